The molecule has 26 heavy (non-hydrogen) atoms. The average molecular weight is 424 g/mol. The molecule has 142 valence electrons. The van der Waals surface area contributed by atoms with Crippen LogP contribution in [0, 0.1) is 13.8 Å². The van der Waals surface area contributed by atoms with E-state index in [0.717, 1.165) is 40.7 Å². The molecule has 7 heteroatoms. The lowest BCUT2D eigenvalue weighted by Gasteiger charge is -2.12. The van der Waals surface area contributed by atoms with Crippen molar-refractivity contribution in [2.24, 2.45) is 7.05 Å². The smallest absolute Gasteiger partial charge is 0.277 e. The van der Waals surface area contributed by atoms with Crippen molar-refractivity contribution in [2.45, 2.75) is 33.6 Å². The number of carbonyl (C=O) groups is 1. The van der Waals surface area contributed by atoms with Gasteiger partial charge < -0.3 is 14.8 Å². The molecule has 1 amide bonds. The van der Waals surface area contributed by atoms with Gasteiger partial charge in [0.05, 0.1) is 12.8 Å². The summed E-state index contributed by atoms with van der Waals surface area (Å²) in [5.41, 5.74) is 3.19. The molecule has 1 N–H and O–H groups in total. The van der Waals surface area contributed by atoms with Gasteiger partial charge in [-0.15, -0.1) is 0 Å². The van der Waals surface area contributed by atoms with Crippen LogP contribution in [-0.2, 0) is 11.8 Å². The monoisotopic (exact) mass is 423 g/mol. The maximum atomic E-state index is 12.7. The Morgan fingerprint density at radius 1 is 1.23 bits per heavy atom. The lowest BCUT2D eigenvalue weighted by Crippen LogP contribution is -2.18. The Morgan fingerprint density at radius 2 is 2.00 bits per heavy atom. The highest BCUT2D eigenvalue weighted by Crippen LogP contribution is 2.26. The first kappa shape index (κ1) is 20.5. The molecule has 0 bridgehead atoms. The van der Waals surface area contributed by atoms with Crippen molar-refractivity contribution in [3.63, 3.8) is 0 Å². The van der Waals surface area contributed by atoms with Gasteiger partial charge in [0.15, 0.2) is 11.4 Å². The Kier molecular flexibility index (Phi) is 7.66. The number of ether oxygens (including phenoxy) is 2. The fourth-order valence-corrected chi connectivity index (χ4v) is 2.90. The number of carbonyl (C=O) groups excluding carboxylic acids is 1. The fourth-order valence-electron chi connectivity index (χ4n) is 2.44. The molecule has 1 heterocycles. The van der Waals surface area contributed by atoms with Crippen LogP contribution in [0.3, 0.4) is 0 Å². The molecule has 2 rings (SSSR count). The molecule has 0 saturated carbocycles. The van der Waals surface area contributed by atoms with Gasteiger partial charge in [0, 0.05) is 23.8 Å². The third-order valence-corrected chi connectivity index (χ3v) is 4.86. The van der Waals surface area contributed by atoms with Crippen molar-refractivity contribution in [1.29, 1.82) is 0 Å². The Balaban J connectivity index is 2.03. The van der Waals surface area contributed by atoms with Gasteiger partial charge in [-0.25, -0.2) is 0 Å². The number of rotatable bonds is 9. The van der Waals surface area contributed by atoms with Crippen molar-refractivity contribution in [2.75, 3.05) is 25.1 Å². The van der Waals surface area contributed by atoms with Crippen molar-refractivity contribution in [3.8, 4) is 5.75 Å². The Morgan fingerprint density at radius 3 is 2.73 bits per heavy atom. The van der Waals surface area contributed by atoms with Crippen molar-refractivity contribution in [1.82, 2.24) is 9.78 Å². The second kappa shape index (κ2) is 9.73. The minimum atomic E-state index is -0.253. The predicted octanol–water partition coefficient (Wildman–Crippen LogP) is 4.25. The molecule has 2 aromatic rings. The van der Waals surface area contributed by atoms with E-state index in [0.29, 0.717) is 24.7 Å². The summed E-state index contributed by atoms with van der Waals surface area (Å²) in [6.07, 6.45) is 3.69. The van der Waals surface area contributed by atoms with E-state index in [1.54, 1.807) is 13.2 Å². The van der Waals surface area contributed by atoms with Gasteiger partial charge in [-0.1, -0.05) is 29.3 Å². The summed E-state index contributed by atoms with van der Waals surface area (Å²) in [6.45, 7) is 7.65. The Labute approximate surface area is 163 Å². The molecule has 1 aromatic heterocycles. The van der Waals surface area contributed by atoms with Crippen LogP contribution in [0.4, 0.5) is 5.69 Å². The Bertz CT molecular complexity index is 759. The van der Waals surface area contributed by atoms with Gasteiger partial charge in [-0.05, 0) is 43.5 Å². The lowest BCUT2D eigenvalue weighted by molar-refractivity contribution is 0.0947. The lowest BCUT2D eigenvalue weighted by atomic mass is 10.1. The number of aromatic nitrogens is 2. The zero-order chi connectivity index (χ0) is 19.1. The molecular weight excluding hydrogens is 398 g/mol. The maximum Gasteiger partial charge on any atom is 0.277 e. The van der Waals surface area contributed by atoms with Crippen LogP contribution in [0.1, 0.15) is 41.4 Å². The number of nitrogens with one attached hydrogen (secondary N) is 1. The number of benzene rings is 1. The molecule has 6 nitrogen and oxygen atoms in total. The first-order valence-corrected chi connectivity index (χ1v) is 9.54. The number of nitrogens with zero attached hydrogens (tertiary/aromatic N) is 2. The second-order valence-corrected chi connectivity index (χ2v) is 7.02. The quantitative estimate of drug-likeness (QED) is 0.612. The van der Waals surface area contributed by atoms with Gasteiger partial charge in [-0.2, -0.15) is 5.10 Å². The first-order valence-electron chi connectivity index (χ1n) is 8.74. The van der Waals surface area contributed by atoms with E-state index in [4.69, 9.17) is 9.47 Å². The molecule has 0 spiro atoms. The van der Waals surface area contributed by atoms with Crippen LogP contribution < -0.4 is 10.1 Å². The maximum absolute atomic E-state index is 12.7. The number of amides is 1. The van der Waals surface area contributed by atoms with E-state index >= 15 is 0 Å². The molecule has 0 radical (unpaired) electrons. The summed E-state index contributed by atoms with van der Waals surface area (Å²) < 4.78 is 13.7. The van der Waals surface area contributed by atoms with E-state index in [1.807, 2.05) is 26.0 Å². The normalized spacial score (nSPS) is 10.8. The zero-order valence-corrected chi connectivity index (χ0v) is 17.4. The molecule has 0 saturated heterocycles. The number of anilines is 1. The minimum Gasteiger partial charge on any atom is -0.487 e. The summed E-state index contributed by atoms with van der Waals surface area (Å²) in [5, 5.41) is 7.09. The van der Waals surface area contributed by atoms with Crippen LogP contribution >= 0.6 is 15.9 Å². The summed E-state index contributed by atoms with van der Waals surface area (Å²) in [7, 11) is 1.72. The molecular formula is C19H26BrN3O3. The first-order chi connectivity index (χ1) is 12.4. The molecule has 1 aromatic carbocycles. The topological polar surface area (TPSA) is 65.4 Å². The summed E-state index contributed by atoms with van der Waals surface area (Å²) in [5.74, 6) is 0.201. The van der Waals surface area contributed by atoms with E-state index in [9.17, 15) is 4.79 Å². The minimum absolute atomic E-state index is 0.253. The highest BCUT2D eigenvalue weighted by Gasteiger charge is 2.19. The van der Waals surface area contributed by atoms with Crippen molar-refractivity contribution in [3.05, 3.63) is 39.6 Å². The Hall–Kier alpha value is -1.86. The highest BCUT2D eigenvalue weighted by atomic mass is 79.9. The number of hydrogen-bond acceptors (Lipinski definition) is 4. The highest BCUT2D eigenvalue weighted by molar-refractivity contribution is 9.10. The standard InChI is InChI=1S/C19H26BrN3O3/c1-5-6-7-25-8-9-26-17-12-21-23(4)18(17)19(24)22-16-11-13(2)15(20)10-14(16)3/h10-12H,5-9H2,1-4H3,(H,22,24). The molecule has 0 aliphatic carbocycles. The van der Waals surface area contributed by atoms with E-state index < -0.39 is 0 Å². The van der Waals surface area contributed by atoms with E-state index in [2.05, 4.69) is 33.3 Å². The number of aryl methyl sites for hydroxylation is 3. The summed E-state index contributed by atoms with van der Waals surface area (Å²) in [6, 6.07) is 3.93. The third kappa shape index (κ3) is 5.32. The van der Waals surface area contributed by atoms with Gasteiger partial charge in [0.2, 0.25) is 0 Å². The molecule has 0 unspecified atom stereocenters. The second-order valence-electron chi connectivity index (χ2n) is 6.17. The number of unbranched alkanes of at least 4 members (excludes halogenated alkanes) is 1. The van der Waals surface area contributed by atoms with Crippen molar-refractivity contribution >= 4 is 27.5 Å². The molecule has 0 atom stereocenters. The van der Waals surface area contributed by atoms with Crippen molar-refractivity contribution < 1.29 is 14.3 Å². The van der Waals surface area contributed by atoms with Crippen LogP contribution in [0.15, 0.2) is 22.8 Å². The SMILES string of the molecule is CCCCOCCOc1cnn(C)c1C(=O)Nc1cc(C)c(Br)cc1C. The number of halogens is 1. The van der Waals surface area contributed by atoms with E-state index in [1.165, 1.54) is 4.68 Å². The van der Waals surface area contributed by atoms with Gasteiger partial charge in [0.1, 0.15) is 6.61 Å². The third-order valence-electron chi connectivity index (χ3n) is 4.00. The summed E-state index contributed by atoms with van der Waals surface area (Å²) >= 11 is 3.50. The summed E-state index contributed by atoms with van der Waals surface area (Å²) in [4.78, 5) is 12.7. The van der Waals surface area contributed by atoms with Crippen LogP contribution in [0.2, 0.25) is 0 Å². The van der Waals surface area contributed by atoms with Gasteiger partial charge >= 0.3 is 0 Å². The molecule has 0 fully saturated rings. The zero-order valence-electron chi connectivity index (χ0n) is 15.8. The van der Waals surface area contributed by atoms with Crippen LogP contribution in [0.25, 0.3) is 0 Å². The number of hydrogen-bond donors (Lipinski definition) is 1. The van der Waals surface area contributed by atoms with Crippen LogP contribution in [0.5, 0.6) is 5.75 Å². The average Bonchev–Trinajstić information content (AvgIpc) is 2.96. The largest absolute Gasteiger partial charge is 0.487 e. The molecule has 0 aliphatic heterocycles. The predicted molar refractivity (Wildman–Crippen MR) is 106 cm³/mol. The van der Waals surface area contributed by atoms with Gasteiger partial charge in [-0.3, -0.25) is 9.48 Å². The van der Waals surface area contributed by atoms with Crippen LogP contribution in [-0.4, -0.2) is 35.5 Å². The van der Waals surface area contributed by atoms with E-state index in [-0.39, 0.29) is 5.91 Å². The molecule has 0 aliphatic rings. The fraction of sp³-hybridized carbons (Fsp3) is 0.474. The van der Waals surface area contributed by atoms with Gasteiger partial charge in [0.25, 0.3) is 5.91 Å².